The van der Waals surface area contributed by atoms with Crippen LogP contribution in [-0.4, -0.2) is 59.2 Å². The van der Waals surface area contributed by atoms with Crippen LogP contribution in [0.3, 0.4) is 0 Å². The van der Waals surface area contributed by atoms with Gasteiger partial charge in [0.05, 0.1) is 5.75 Å². The van der Waals surface area contributed by atoms with Crippen LogP contribution in [0.25, 0.3) is 0 Å². The summed E-state index contributed by atoms with van der Waals surface area (Å²) in [5, 5.41) is 2.40. The molecule has 9 heteroatoms. The molecule has 2 N–H and O–H groups in total. The Hall–Kier alpha value is -0.120. The minimum absolute atomic E-state index is 0. The van der Waals surface area contributed by atoms with Crippen LogP contribution < -0.4 is 5.32 Å². The number of amides is 1. The molecule has 0 fully saturated rings. The van der Waals surface area contributed by atoms with Gasteiger partial charge >= 0.3 is 38.7 Å². The SMILES string of the molecule is Cc1ccc(NC(=O)CSS(=O)(=O)O)nc1.[NaH]. The van der Waals surface area contributed by atoms with Crippen LogP contribution in [0.1, 0.15) is 5.56 Å². The number of rotatable bonds is 4. The van der Waals surface area contributed by atoms with Gasteiger partial charge in [-0.2, -0.15) is 8.42 Å². The Morgan fingerprint density at radius 2 is 2.18 bits per heavy atom. The van der Waals surface area contributed by atoms with E-state index in [1.165, 1.54) is 0 Å². The van der Waals surface area contributed by atoms with Crippen LogP contribution in [0.5, 0.6) is 0 Å². The molecule has 1 heterocycles. The molecular weight excluding hydrogens is 275 g/mol. The molecule has 0 atom stereocenters. The van der Waals surface area contributed by atoms with Gasteiger partial charge in [-0.15, -0.1) is 0 Å². The van der Waals surface area contributed by atoms with Gasteiger partial charge in [0.25, 0.3) is 0 Å². The van der Waals surface area contributed by atoms with Gasteiger partial charge in [-0.3, -0.25) is 9.35 Å². The average Bonchev–Trinajstić information content (AvgIpc) is 2.18. The van der Waals surface area contributed by atoms with E-state index in [0.29, 0.717) is 5.82 Å². The van der Waals surface area contributed by atoms with E-state index in [-0.39, 0.29) is 46.1 Å². The molecular formula is C8H11N2NaO4S2. The summed E-state index contributed by atoms with van der Waals surface area (Å²) in [5.74, 6) is -0.584. The summed E-state index contributed by atoms with van der Waals surface area (Å²) in [6, 6.07) is 3.36. The van der Waals surface area contributed by atoms with E-state index < -0.39 is 15.1 Å². The standard InChI is InChI=1S/C8H10N2O4S2.Na.H/c1-6-2-3-7(9-4-6)10-8(11)5-15-16(12,13)14;;/h2-4H,5H2,1H3,(H,9,10,11)(H,12,13,14);;. The van der Waals surface area contributed by atoms with Gasteiger partial charge in [-0.05, 0) is 18.6 Å². The van der Waals surface area contributed by atoms with Crippen molar-refractivity contribution in [3.63, 3.8) is 0 Å². The number of hydrogen-bond acceptors (Lipinski definition) is 5. The van der Waals surface area contributed by atoms with E-state index in [1.54, 1.807) is 18.3 Å². The molecule has 0 aliphatic heterocycles. The molecule has 0 saturated carbocycles. The molecule has 0 saturated heterocycles. The third-order valence-electron chi connectivity index (χ3n) is 1.52. The van der Waals surface area contributed by atoms with Crippen LogP contribution in [0.2, 0.25) is 0 Å². The average molecular weight is 286 g/mol. The molecule has 0 bridgehead atoms. The van der Waals surface area contributed by atoms with Gasteiger partial charge < -0.3 is 5.32 Å². The van der Waals surface area contributed by atoms with Crippen molar-refractivity contribution in [2.24, 2.45) is 0 Å². The quantitative estimate of drug-likeness (QED) is 0.467. The molecule has 1 amide bonds. The Bertz CT molecular complexity index is 475. The first-order valence-electron chi connectivity index (χ1n) is 4.21. The summed E-state index contributed by atoms with van der Waals surface area (Å²) in [6.45, 7) is 1.85. The third kappa shape index (κ3) is 7.74. The second kappa shape index (κ2) is 7.34. The maximum absolute atomic E-state index is 11.2. The molecule has 0 aliphatic carbocycles. The fraction of sp³-hybridized carbons (Fsp3) is 0.250. The zero-order valence-electron chi connectivity index (χ0n) is 8.37. The number of hydrogen-bond donors (Lipinski definition) is 2. The first-order chi connectivity index (χ1) is 7.37. The van der Waals surface area contributed by atoms with Crippen molar-refractivity contribution in [1.29, 1.82) is 0 Å². The number of aromatic nitrogens is 1. The first-order valence-corrected chi connectivity index (χ1v) is 7.15. The number of pyridine rings is 1. The summed E-state index contributed by atoms with van der Waals surface area (Å²) in [7, 11) is -4.03. The van der Waals surface area contributed by atoms with Gasteiger partial charge in [0.2, 0.25) is 5.91 Å². The van der Waals surface area contributed by atoms with Gasteiger partial charge in [0, 0.05) is 17.0 Å². The predicted molar refractivity (Wildman–Crippen MR) is 68.8 cm³/mol. The van der Waals surface area contributed by atoms with Crippen LogP contribution in [0.4, 0.5) is 5.82 Å². The molecule has 1 aromatic heterocycles. The number of nitrogens with zero attached hydrogens (tertiary/aromatic N) is 1. The number of nitrogens with one attached hydrogen (secondary N) is 1. The summed E-state index contributed by atoms with van der Waals surface area (Å²) < 4.78 is 29.1. The number of aryl methyl sites for hydroxylation is 1. The zero-order valence-corrected chi connectivity index (χ0v) is 10.0. The van der Waals surface area contributed by atoms with Crippen molar-refractivity contribution in [2.45, 2.75) is 6.92 Å². The predicted octanol–water partition coefficient (Wildman–Crippen LogP) is 0.216. The number of carbonyl (C=O) groups is 1. The normalized spacial score (nSPS) is 10.5. The minimum atomic E-state index is -4.18. The molecule has 0 unspecified atom stereocenters. The first kappa shape index (κ1) is 16.9. The van der Waals surface area contributed by atoms with E-state index >= 15 is 0 Å². The van der Waals surface area contributed by atoms with E-state index in [4.69, 9.17) is 4.55 Å². The summed E-state index contributed by atoms with van der Waals surface area (Å²) in [4.78, 5) is 15.1. The second-order valence-electron chi connectivity index (χ2n) is 2.96. The van der Waals surface area contributed by atoms with Crippen LogP contribution >= 0.6 is 10.8 Å². The second-order valence-corrected chi connectivity index (χ2v) is 6.31. The molecule has 0 aliphatic rings. The molecule has 17 heavy (non-hydrogen) atoms. The summed E-state index contributed by atoms with van der Waals surface area (Å²) in [6.07, 6.45) is 1.57. The van der Waals surface area contributed by atoms with Gasteiger partial charge in [-0.1, -0.05) is 6.07 Å². The van der Waals surface area contributed by atoms with Crippen molar-refractivity contribution < 1.29 is 17.8 Å². The van der Waals surface area contributed by atoms with E-state index in [9.17, 15) is 13.2 Å². The van der Waals surface area contributed by atoms with E-state index in [1.807, 2.05) is 6.92 Å². The number of anilines is 1. The molecule has 0 radical (unpaired) electrons. The monoisotopic (exact) mass is 286 g/mol. The Balaban J connectivity index is 0.00000256. The molecule has 0 aromatic carbocycles. The van der Waals surface area contributed by atoms with Crippen molar-refractivity contribution in [3.8, 4) is 0 Å². The fourth-order valence-corrected chi connectivity index (χ4v) is 1.94. The summed E-state index contributed by atoms with van der Waals surface area (Å²) >= 11 is 0. The van der Waals surface area contributed by atoms with Gasteiger partial charge in [0.15, 0.2) is 0 Å². The van der Waals surface area contributed by atoms with Crippen LogP contribution in [-0.2, 0) is 13.9 Å². The number of carbonyl (C=O) groups excluding carboxylic acids is 1. The zero-order chi connectivity index (χ0) is 12.2. The van der Waals surface area contributed by atoms with Crippen molar-refractivity contribution in [2.75, 3.05) is 11.1 Å². The Kier molecular flexibility index (Phi) is 7.29. The molecule has 1 rings (SSSR count). The summed E-state index contributed by atoms with van der Waals surface area (Å²) in [5.41, 5.74) is 0.949. The van der Waals surface area contributed by atoms with E-state index in [2.05, 4.69) is 10.3 Å². The van der Waals surface area contributed by atoms with Gasteiger partial charge in [-0.25, -0.2) is 4.98 Å². The third-order valence-corrected chi connectivity index (χ3v) is 3.44. The molecule has 0 spiro atoms. The topological polar surface area (TPSA) is 96.4 Å². The Morgan fingerprint density at radius 3 is 2.65 bits per heavy atom. The molecule has 6 nitrogen and oxygen atoms in total. The van der Waals surface area contributed by atoms with Crippen molar-refractivity contribution in [1.82, 2.24) is 4.98 Å². The van der Waals surface area contributed by atoms with Gasteiger partial charge in [0.1, 0.15) is 5.82 Å². The van der Waals surface area contributed by atoms with Crippen molar-refractivity contribution >= 4 is 61.2 Å². The molecule has 90 valence electrons. The fourth-order valence-electron chi connectivity index (χ4n) is 0.849. The van der Waals surface area contributed by atoms with Crippen LogP contribution in [0, 0.1) is 6.92 Å². The van der Waals surface area contributed by atoms with Crippen LogP contribution in [0.15, 0.2) is 18.3 Å². The molecule has 1 aromatic rings. The Morgan fingerprint density at radius 1 is 1.53 bits per heavy atom. The van der Waals surface area contributed by atoms with Crippen molar-refractivity contribution in [3.05, 3.63) is 23.9 Å². The maximum atomic E-state index is 11.2. The van der Waals surface area contributed by atoms with E-state index in [0.717, 1.165) is 5.56 Å². The Labute approximate surface area is 125 Å².